The first kappa shape index (κ1) is 18.4. The van der Waals surface area contributed by atoms with Crippen LogP contribution in [0.4, 0.5) is 11.4 Å². The maximum absolute atomic E-state index is 6.36. The van der Waals surface area contributed by atoms with E-state index in [1.807, 2.05) is 54.6 Å². The van der Waals surface area contributed by atoms with Crippen LogP contribution in [0.2, 0.25) is 0 Å². The maximum atomic E-state index is 6.36. The fourth-order valence-electron chi connectivity index (χ4n) is 3.94. The monoisotopic (exact) mass is 393 g/mol. The van der Waals surface area contributed by atoms with Gasteiger partial charge in [0.15, 0.2) is 11.3 Å². The van der Waals surface area contributed by atoms with Crippen molar-refractivity contribution in [2.75, 3.05) is 18.0 Å². The second-order valence-electron chi connectivity index (χ2n) is 7.27. The molecule has 1 aliphatic carbocycles. The zero-order valence-corrected chi connectivity index (χ0v) is 17.2. The highest BCUT2D eigenvalue weighted by atomic mass is 16.3. The second-order valence-corrected chi connectivity index (χ2v) is 7.27. The molecule has 0 fully saturated rings. The standard InChI is InChI=1S/C26H23N3O/c1-3-29(4-2)19-14-15-22-24(16-19)30-25-17-23(27-18-10-6-5-7-11-18)20-12-8-9-13-21(20)26(25)28-22/h5-17H,3-4H2,1-2H3/b27-23-. The minimum absolute atomic E-state index is 0.743. The van der Waals surface area contributed by atoms with E-state index >= 15 is 0 Å². The van der Waals surface area contributed by atoms with Gasteiger partial charge < -0.3 is 9.32 Å². The maximum Gasteiger partial charge on any atom is 0.155 e. The quantitative estimate of drug-likeness (QED) is 0.271. The summed E-state index contributed by atoms with van der Waals surface area (Å²) in [4.78, 5) is 12.1. The van der Waals surface area contributed by atoms with Gasteiger partial charge in [0.25, 0.3) is 0 Å². The predicted octanol–water partition coefficient (Wildman–Crippen LogP) is 6.16. The van der Waals surface area contributed by atoms with E-state index in [-0.39, 0.29) is 0 Å². The molecule has 0 saturated heterocycles. The van der Waals surface area contributed by atoms with E-state index in [0.29, 0.717) is 0 Å². The number of fused-ring (bicyclic) bond motifs is 4. The minimum Gasteiger partial charge on any atom is -0.453 e. The molecule has 3 aromatic rings. The summed E-state index contributed by atoms with van der Waals surface area (Å²) in [5.74, 6) is 0.743. The smallest absolute Gasteiger partial charge is 0.155 e. The van der Waals surface area contributed by atoms with Crippen molar-refractivity contribution < 1.29 is 4.42 Å². The molecule has 4 heteroatoms. The van der Waals surface area contributed by atoms with Crippen LogP contribution in [0.15, 0.2) is 88.3 Å². The Hall–Kier alpha value is -3.66. The third-order valence-electron chi connectivity index (χ3n) is 5.49. The van der Waals surface area contributed by atoms with E-state index in [2.05, 4.69) is 43.0 Å². The zero-order valence-electron chi connectivity index (χ0n) is 17.2. The lowest BCUT2D eigenvalue weighted by molar-refractivity contribution is 0.613. The number of hydrogen-bond donors (Lipinski definition) is 0. The van der Waals surface area contributed by atoms with Crippen LogP contribution in [0.5, 0.6) is 0 Å². The molecule has 2 aliphatic rings. The third-order valence-corrected chi connectivity index (χ3v) is 5.49. The van der Waals surface area contributed by atoms with Crippen LogP contribution in [0.25, 0.3) is 33.3 Å². The summed E-state index contributed by atoms with van der Waals surface area (Å²) in [5.41, 5.74) is 4.57. The van der Waals surface area contributed by atoms with Gasteiger partial charge in [0, 0.05) is 41.7 Å². The summed E-state index contributed by atoms with van der Waals surface area (Å²) in [6, 6.07) is 26.5. The molecule has 1 heterocycles. The molecule has 0 radical (unpaired) electrons. The van der Waals surface area contributed by atoms with Crippen molar-refractivity contribution in [3.63, 3.8) is 0 Å². The molecule has 1 aliphatic heterocycles. The number of rotatable bonds is 4. The van der Waals surface area contributed by atoms with Crippen LogP contribution in [-0.4, -0.2) is 18.1 Å². The number of hydrogen-bond acceptors (Lipinski definition) is 4. The summed E-state index contributed by atoms with van der Waals surface area (Å²) < 4.78 is 6.36. The highest BCUT2D eigenvalue weighted by Gasteiger charge is 2.15. The molecule has 3 aromatic carbocycles. The minimum atomic E-state index is 0.743. The Morgan fingerprint density at radius 2 is 1.57 bits per heavy atom. The Kier molecular flexibility index (Phi) is 4.68. The average molecular weight is 393 g/mol. The third kappa shape index (κ3) is 3.20. The van der Waals surface area contributed by atoms with Crippen LogP contribution in [0.3, 0.4) is 0 Å². The molecular weight excluding hydrogens is 370 g/mol. The summed E-state index contributed by atoms with van der Waals surface area (Å²) in [5, 5.41) is 2.99. The number of nitrogens with zero attached hydrogens (tertiary/aromatic N) is 3. The molecule has 4 nitrogen and oxygen atoms in total. The van der Waals surface area contributed by atoms with E-state index in [1.54, 1.807) is 0 Å². The van der Waals surface area contributed by atoms with Gasteiger partial charge in [-0.15, -0.1) is 0 Å². The number of benzene rings is 4. The van der Waals surface area contributed by atoms with E-state index in [1.165, 1.54) is 0 Å². The lowest BCUT2D eigenvalue weighted by atomic mass is 10.0. The first-order valence-electron chi connectivity index (χ1n) is 10.4. The topological polar surface area (TPSA) is 41.6 Å². The van der Waals surface area contributed by atoms with Gasteiger partial charge in [-0.1, -0.05) is 42.5 Å². The van der Waals surface area contributed by atoms with Crippen molar-refractivity contribution in [1.29, 1.82) is 0 Å². The average Bonchev–Trinajstić information content (AvgIpc) is 2.79. The lowest BCUT2D eigenvalue weighted by Crippen LogP contribution is -2.21. The summed E-state index contributed by atoms with van der Waals surface area (Å²) in [6.07, 6.45) is 0. The Balaban J connectivity index is 1.80. The molecule has 0 aromatic heterocycles. The van der Waals surface area contributed by atoms with Crippen molar-refractivity contribution >= 4 is 33.2 Å². The van der Waals surface area contributed by atoms with Gasteiger partial charge in [-0.3, -0.25) is 0 Å². The molecule has 0 spiro atoms. The van der Waals surface area contributed by atoms with Crippen LogP contribution in [-0.2, 0) is 0 Å². The predicted molar refractivity (Wildman–Crippen MR) is 123 cm³/mol. The van der Waals surface area contributed by atoms with Crippen LogP contribution in [0.1, 0.15) is 13.8 Å². The first-order chi connectivity index (χ1) is 14.8. The second kappa shape index (κ2) is 7.64. The van der Waals surface area contributed by atoms with Gasteiger partial charge in [-0.25, -0.2) is 9.98 Å². The molecule has 30 heavy (non-hydrogen) atoms. The molecule has 0 N–H and O–H groups in total. The lowest BCUT2D eigenvalue weighted by Gasteiger charge is -2.21. The van der Waals surface area contributed by atoms with E-state index in [9.17, 15) is 0 Å². The number of para-hydroxylation sites is 1. The highest BCUT2D eigenvalue weighted by Crippen LogP contribution is 2.31. The van der Waals surface area contributed by atoms with Gasteiger partial charge in [-0.05, 0) is 38.1 Å². The molecule has 0 amide bonds. The molecule has 0 saturated carbocycles. The fraction of sp³-hybridized carbons (Fsp3) is 0.154. The zero-order chi connectivity index (χ0) is 20.5. The normalized spacial score (nSPS) is 12.1. The van der Waals surface area contributed by atoms with E-state index in [4.69, 9.17) is 14.4 Å². The molecule has 148 valence electrons. The van der Waals surface area contributed by atoms with Gasteiger partial charge >= 0.3 is 0 Å². The van der Waals surface area contributed by atoms with Crippen molar-refractivity contribution in [3.05, 3.63) is 84.2 Å². The van der Waals surface area contributed by atoms with E-state index in [0.717, 1.165) is 63.1 Å². The fourth-order valence-corrected chi connectivity index (χ4v) is 3.94. The Labute approximate surface area is 175 Å². The molecule has 0 bridgehead atoms. The highest BCUT2D eigenvalue weighted by molar-refractivity contribution is 5.96. The van der Waals surface area contributed by atoms with Crippen molar-refractivity contribution in [3.8, 4) is 11.5 Å². The molecule has 5 rings (SSSR count). The molecular formula is C26H23N3O. The summed E-state index contributed by atoms with van der Waals surface area (Å²) >= 11 is 0. The van der Waals surface area contributed by atoms with Crippen LogP contribution in [0, 0.1) is 0 Å². The molecule has 0 unspecified atom stereocenters. The summed E-state index contributed by atoms with van der Waals surface area (Å²) in [6.45, 7) is 6.22. The van der Waals surface area contributed by atoms with Crippen molar-refractivity contribution in [2.24, 2.45) is 4.99 Å². The van der Waals surface area contributed by atoms with E-state index < -0.39 is 0 Å². The van der Waals surface area contributed by atoms with Crippen LogP contribution < -0.4 is 10.3 Å². The number of aromatic nitrogens is 1. The van der Waals surface area contributed by atoms with Gasteiger partial charge in [0.2, 0.25) is 0 Å². The summed E-state index contributed by atoms with van der Waals surface area (Å²) in [7, 11) is 0. The Morgan fingerprint density at radius 1 is 0.833 bits per heavy atom. The molecule has 0 atom stereocenters. The van der Waals surface area contributed by atoms with Gasteiger partial charge in [0.05, 0.1) is 11.0 Å². The van der Waals surface area contributed by atoms with Gasteiger partial charge in [-0.2, -0.15) is 0 Å². The number of anilines is 1. The Bertz CT molecular complexity index is 1370. The van der Waals surface area contributed by atoms with Crippen LogP contribution >= 0.6 is 0 Å². The largest absolute Gasteiger partial charge is 0.453 e. The Morgan fingerprint density at radius 3 is 2.33 bits per heavy atom. The first-order valence-corrected chi connectivity index (χ1v) is 10.4. The van der Waals surface area contributed by atoms with Gasteiger partial charge in [0.1, 0.15) is 11.2 Å². The SMILES string of the molecule is CCN(CC)c1ccc2nc3c4ccccc4/c(=N\c4ccccc4)cc-3oc2c1. The van der Waals surface area contributed by atoms with Crippen molar-refractivity contribution in [1.82, 2.24) is 4.98 Å². The van der Waals surface area contributed by atoms with Crippen molar-refractivity contribution in [2.45, 2.75) is 13.8 Å².